The number of amides is 1. The molecule has 0 radical (unpaired) electrons. The van der Waals surface area contributed by atoms with Crippen LogP contribution in [0.5, 0.6) is 0 Å². The molecule has 0 bridgehead atoms. The standard InChI is InChI=1S/C12H20N2O/c1-2-3-9-14-10-13-12(11(14)15)7-5-4-6-8-12/h10H,2-9H2,1H3. The lowest BCUT2D eigenvalue weighted by Crippen LogP contribution is -2.42. The van der Waals surface area contributed by atoms with Crippen molar-refractivity contribution in [3.63, 3.8) is 0 Å². The molecule has 1 amide bonds. The van der Waals surface area contributed by atoms with Gasteiger partial charge in [-0.3, -0.25) is 9.79 Å². The van der Waals surface area contributed by atoms with Crippen LogP contribution in [0.1, 0.15) is 51.9 Å². The molecule has 0 aromatic heterocycles. The second-order valence-corrected chi connectivity index (χ2v) is 4.69. The Balaban J connectivity index is 2.00. The molecule has 2 rings (SSSR count). The van der Waals surface area contributed by atoms with Crippen molar-refractivity contribution in [2.75, 3.05) is 6.54 Å². The summed E-state index contributed by atoms with van der Waals surface area (Å²) in [7, 11) is 0. The number of unbranched alkanes of at least 4 members (excludes halogenated alkanes) is 1. The van der Waals surface area contributed by atoms with Crippen molar-refractivity contribution >= 4 is 12.2 Å². The van der Waals surface area contributed by atoms with Crippen LogP contribution < -0.4 is 0 Å². The van der Waals surface area contributed by atoms with Crippen LogP contribution in [0.2, 0.25) is 0 Å². The first-order valence-electron chi connectivity index (χ1n) is 6.15. The summed E-state index contributed by atoms with van der Waals surface area (Å²) >= 11 is 0. The van der Waals surface area contributed by atoms with E-state index in [1.807, 2.05) is 4.90 Å². The zero-order valence-corrected chi connectivity index (χ0v) is 9.54. The van der Waals surface area contributed by atoms with E-state index < -0.39 is 0 Å². The number of rotatable bonds is 3. The summed E-state index contributed by atoms with van der Waals surface area (Å²) in [6.07, 6.45) is 9.49. The summed E-state index contributed by atoms with van der Waals surface area (Å²) in [5, 5.41) is 0. The average Bonchev–Trinajstić information content (AvgIpc) is 2.56. The molecule has 1 spiro atoms. The van der Waals surface area contributed by atoms with Gasteiger partial charge < -0.3 is 4.90 Å². The Bertz CT molecular complexity index is 267. The maximum atomic E-state index is 12.2. The fourth-order valence-electron chi connectivity index (χ4n) is 2.52. The van der Waals surface area contributed by atoms with Gasteiger partial charge in [-0.25, -0.2) is 0 Å². The third-order valence-corrected chi connectivity index (χ3v) is 3.54. The molecule has 84 valence electrons. The Labute approximate surface area is 91.6 Å². The van der Waals surface area contributed by atoms with Crippen molar-refractivity contribution in [3.05, 3.63) is 0 Å². The minimum absolute atomic E-state index is 0.260. The fourth-order valence-corrected chi connectivity index (χ4v) is 2.52. The molecular weight excluding hydrogens is 188 g/mol. The van der Waals surface area contributed by atoms with Crippen LogP contribution in [-0.4, -0.2) is 29.2 Å². The molecule has 1 heterocycles. The third-order valence-electron chi connectivity index (χ3n) is 3.54. The molecule has 0 aromatic carbocycles. The van der Waals surface area contributed by atoms with Gasteiger partial charge in [0.15, 0.2) is 0 Å². The molecule has 0 N–H and O–H groups in total. The average molecular weight is 208 g/mol. The van der Waals surface area contributed by atoms with Gasteiger partial charge in [0, 0.05) is 6.54 Å². The first-order chi connectivity index (χ1) is 7.28. The highest BCUT2D eigenvalue weighted by Gasteiger charge is 2.44. The Morgan fingerprint density at radius 3 is 2.80 bits per heavy atom. The molecule has 15 heavy (non-hydrogen) atoms. The van der Waals surface area contributed by atoms with Crippen LogP contribution in [0.25, 0.3) is 0 Å². The van der Waals surface area contributed by atoms with E-state index in [0.717, 1.165) is 45.1 Å². The second-order valence-electron chi connectivity index (χ2n) is 4.69. The molecule has 0 saturated heterocycles. The van der Waals surface area contributed by atoms with Crippen LogP contribution in [-0.2, 0) is 4.79 Å². The van der Waals surface area contributed by atoms with Gasteiger partial charge in [0.2, 0.25) is 0 Å². The monoisotopic (exact) mass is 208 g/mol. The van der Waals surface area contributed by atoms with Crippen molar-refractivity contribution in [2.24, 2.45) is 4.99 Å². The van der Waals surface area contributed by atoms with Crippen LogP contribution >= 0.6 is 0 Å². The quantitative estimate of drug-likeness (QED) is 0.700. The van der Waals surface area contributed by atoms with Crippen molar-refractivity contribution in [1.29, 1.82) is 0 Å². The Morgan fingerprint density at radius 1 is 1.40 bits per heavy atom. The SMILES string of the molecule is CCCCN1C=NC2(CCCCC2)C1=O. The Hall–Kier alpha value is -0.860. The summed E-state index contributed by atoms with van der Waals surface area (Å²) in [5.74, 6) is 0.260. The maximum Gasteiger partial charge on any atom is 0.255 e. The molecule has 0 unspecified atom stereocenters. The first-order valence-corrected chi connectivity index (χ1v) is 6.15. The molecule has 1 aliphatic heterocycles. The predicted molar refractivity (Wildman–Crippen MR) is 60.9 cm³/mol. The number of hydrogen-bond donors (Lipinski definition) is 0. The number of nitrogens with zero attached hydrogens (tertiary/aromatic N) is 2. The van der Waals surface area contributed by atoms with Gasteiger partial charge in [0.25, 0.3) is 5.91 Å². The maximum absolute atomic E-state index is 12.2. The van der Waals surface area contributed by atoms with E-state index in [0.29, 0.717) is 0 Å². The minimum Gasteiger partial charge on any atom is -0.301 e. The predicted octanol–water partition coefficient (Wildman–Crippen LogP) is 2.36. The van der Waals surface area contributed by atoms with Crippen molar-refractivity contribution in [1.82, 2.24) is 4.90 Å². The van der Waals surface area contributed by atoms with E-state index in [9.17, 15) is 4.79 Å². The second kappa shape index (κ2) is 4.33. The van der Waals surface area contributed by atoms with Crippen LogP contribution in [0.4, 0.5) is 0 Å². The van der Waals surface area contributed by atoms with E-state index in [-0.39, 0.29) is 11.4 Å². The highest BCUT2D eigenvalue weighted by molar-refractivity contribution is 6.00. The lowest BCUT2D eigenvalue weighted by atomic mass is 9.82. The van der Waals surface area contributed by atoms with Gasteiger partial charge in [-0.1, -0.05) is 32.6 Å². The molecule has 1 fully saturated rings. The lowest BCUT2D eigenvalue weighted by molar-refractivity contribution is -0.132. The number of hydrogen-bond acceptors (Lipinski definition) is 2. The van der Waals surface area contributed by atoms with Gasteiger partial charge in [-0.15, -0.1) is 0 Å². The number of carbonyl (C=O) groups excluding carboxylic acids is 1. The van der Waals surface area contributed by atoms with Gasteiger partial charge in [-0.2, -0.15) is 0 Å². The summed E-state index contributed by atoms with van der Waals surface area (Å²) in [6, 6.07) is 0. The van der Waals surface area contributed by atoms with Crippen LogP contribution in [0.15, 0.2) is 4.99 Å². The fraction of sp³-hybridized carbons (Fsp3) is 0.833. The van der Waals surface area contributed by atoms with Crippen LogP contribution in [0.3, 0.4) is 0 Å². The van der Waals surface area contributed by atoms with Gasteiger partial charge >= 0.3 is 0 Å². The van der Waals surface area contributed by atoms with E-state index in [1.165, 1.54) is 6.42 Å². The van der Waals surface area contributed by atoms with Gasteiger partial charge in [0.05, 0.1) is 6.34 Å². The van der Waals surface area contributed by atoms with Crippen molar-refractivity contribution in [3.8, 4) is 0 Å². The number of carbonyl (C=O) groups is 1. The topological polar surface area (TPSA) is 32.7 Å². The molecular formula is C12H20N2O. The van der Waals surface area contributed by atoms with Gasteiger partial charge in [0.1, 0.15) is 5.54 Å². The van der Waals surface area contributed by atoms with E-state index in [4.69, 9.17) is 0 Å². The summed E-state index contributed by atoms with van der Waals surface area (Å²) in [4.78, 5) is 18.5. The Morgan fingerprint density at radius 2 is 2.13 bits per heavy atom. The van der Waals surface area contributed by atoms with Crippen molar-refractivity contribution in [2.45, 2.75) is 57.4 Å². The van der Waals surface area contributed by atoms with E-state index in [2.05, 4.69) is 11.9 Å². The van der Waals surface area contributed by atoms with Crippen molar-refractivity contribution < 1.29 is 4.79 Å². The molecule has 0 aromatic rings. The Kier molecular flexibility index (Phi) is 3.08. The lowest BCUT2D eigenvalue weighted by Gasteiger charge is -2.29. The van der Waals surface area contributed by atoms with Crippen LogP contribution in [0, 0.1) is 0 Å². The smallest absolute Gasteiger partial charge is 0.255 e. The van der Waals surface area contributed by atoms with E-state index >= 15 is 0 Å². The first kappa shape index (κ1) is 10.7. The summed E-state index contributed by atoms with van der Waals surface area (Å²) < 4.78 is 0. The molecule has 2 aliphatic rings. The van der Waals surface area contributed by atoms with Gasteiger partial charge in [-0.05, 0) is 19.3 Å². The zero-order chi connectivity index (χ0) is 10.7. The number of aliphatic imine (C=N–C) groups is 1. The third kappa shape index (κ3) is 1.92. The molecule has 0 atom stereocenters. The van der Waals surface area contributed by atoms with E-state index in [1.54, 1.807) is 6.34 Å². The molecule has 3 nitrogen and oxygen atoms in total. The highest BCUT2D eigenvalue weighted by Crippen LogP contribution is 2.35. The molecule has 3 heteroatoms. The summed E-state index contributed by atoms with van der Waals surface area (Å²) in [6.45, 7) is 2.99. The largest absolute Gasteiger partial charge is 0.301 e. The minimum atomic E-state index is -0.341. The highest BCUT2D eigenvalue weighted by atomic mass is 16.2. The summed E-state index contributed by atoms with van der Waals surface area (Å²) in [5.41, 5.74) is -0.341. The normalized spacial score (nSPS) is 24.1. The molecule has 1 saturated carbocycles. The molecule has 1 aliphatic carbocycles. The zero-order valence-electron chi connectivity index (χ0n) is 9.54.